The van der Waals surface area contributed by atoms with Gasteiger partial charge in [-0.25, -0.2) is 8.51 Å². The lowest BCUT2D eigenvalue weighted by Crippen LogP contribution is -2.43. The molecule has 0 unspecified atom stereocenters. The molecule has 1 saturated heterocycles. The van der Waals surface area contributed by atoms with Gasteiger partial charge in [-0.05, 0) is 0 Å². The molecule has 0 aliphatic carbocycles. The zero-order chi connectivity index (χ0) is 8.27. The molecule has 1 rings (SSSR count). The third kappa shape index (κ3) is 2.46. The number of ether oxygens (including phenoxy) is 1. The normalized spacial score (nSPS) is 18.2. The van der Waals surface area contributed by atoms with E-state index in [9.17, 15) is 4.79 Å². The number of rotatable bonds is 0. The van der Waals surface area contributed by atoms with Gasteiger partial charge in [0.05, 0.1) is 13.2 Å². The summed E-state index contributed by atoms with van der Waals surface area (Å²) in [6, 6.07) is -0.194. The van der Waals surface area contributed by atoms with Crippen LogP contribution >= 0.6 is 25.6 Å². The second-order valence-corrected chi connectivity index (χ2v) is 3.29. The summed E-state index contributed by atoms with van der Waals surface area (Å²) >= 11 is 7.54. The Hall–Kier alpha value is -0.0700. The minimum Gasteiger partial charge on any atom is -0.378 e. The predicted molar refractivity (Wildman–Crippen MR) is 47.6 cm³/mol. The molecule has 0 aromatic rings. The lowest BCUT2D eigenvalue weighted by atomic mass is 10.4. The zero-order valence-corrected chi connectivity index (χ0v) is 7.72. The molecule has 0 N–H and O–H groups in total. The van der Waals surface area contributed by atoms with Crippen molar-refractivity contribution in [3.05, 3.63) is 0 Å². The van der Waals surface area contributed by atoms with Crippen molar-refractivity contribution in [2.45, 2.75) is 0 Å². The standard InChI is InChI=1S/C5H10N2O2S2/c8-5(7(10)11)6-1-3-9-4-2-6/h10-11H,1-4H2. The number of morpholine rings is 1. The fourth-order valence-electron chi connectivity index (χ4n) is 0.881. The number of nitrogens with zero attached hydrogens (tertiary/aromatic N) is 2. The average Bonchev–Trinajstić information content (AvgIpc) is 2.05. The number of amides is 2. The molecule has 0 aromatic heterocycles. The van der Waals surface area contributed by atoms with Crippen LogP contribution in [0.25, 0.3) is 0 Å². The zero-order valence-electron chi connectivity index (χ0n) is 5.93. The van der Waals surface area contributed by atoms with Crippen molar-refractivity contribution in [3.8, 4) is 0 Å². The van der Waals surface area contributed by atoms with E-state index in [-0.39, 0.29) is 6.03 Å². The summed E-state index contributed by atoms with van der Waals surface area (Å²) < 4.78 is 6.04. The van der Waals surface area contributed by atoms with Crippen LogP contribution in [-0.2, 0) is 4.74 Å². The number of urea groups is 1. The lowest BCUT2D eigenvalue weighted by molar-refractivity contribution is 0.0523. The Bertz CT molecular complexity index is 147. The summed E-state index contributed by atoms with van der Waals surface area (Å²) in [4.78, 5) is 12.8. The number of hydrogen-bond donors (Lipinski definition) is 2. The molecule has 6 heteroatoms. The van der Waals surface area contributed by atoms with Crippen LogP contribution in [-0.4, -0.2) is 40.9 Å². The Kier molecular flexibility index (Phi) is 3.35. The van der Waals surface area contributed by atoms with Gasteiger partial charge in [0.2, 0.25) is 0 Å². The van der Waals surface area contributed by atoms with Crippen molar-refractivity contribution >= 4 is 31.7 Å². The molecule has 0 atom stereocenters. The van der Waals surface area contributed by atoms with Crippen LogP contribution < -0.4 is 0 Å². The Labute approximate surface area is 76.6 Å². The first kappa shape index (κ1) is 9.02. The SMILES string of the molecule is O=C(N(S)S)N1CCOCC1. The highest BCUT2D eigenvalue weighted by molar-refractivity contribution is 7.94. The molecule has 0 spiro atoms. The highest BCUT2D eigenvalue weighted by Crippen LogP contribution is 2.06. The van der Waals surface area contributed by atoms with Crippen molar-refractivity contribution in [1.82, 2.24) is 8.61 Å². The number of hydrogen-bond acceptors (Lipinski definition) is 4. The molecular formula is C5H10N2O2S2. The van der Waals surface area contributed by atoms with Gasteiger partial charge >= 0.3 is 6.03 Å². The smallest absolute Gasteiger partial charge is 0.340 e. The molecular weight excluding hydrogens is 184 g/mol. The van der Waals surface area contributed by atoms with E-state index >= 15 is 0 Å². The van der Waals surface area contributed by atoms with Gasteiger partial charge in [-0.2, -0.15) is 0 Å². The number of thiol groups is 2. The second-order valence-electron chi connectivity index (χ2n) is 2.17. The van der Waals surface area contributed by atoms with E-state index in [0.29, 0.717) is 26.3 Å². The lowest BCUT2D eigenvalue weighted by Gasteiger charge is -2.27. The Morgan fingerprint density at radius 2 is 1.91 bits per heavy atom. The van der Waals surface area contributed by atoms with E-state index in [4.69, 9.17) is 4.74 Å². The third-order valence-electron chi connectivity index (χ3n) is 1.45. The first-order chi connectivity index (χ1) is 5.22. The fourth-order valence-corrected chi connectivity index (χ4v) is 1.13. The summed E-state index contributed by atoms with van der Waals surface area (Å²) in [6.07, 6.45) is 0. The molecule has 0 saturated carbocycles. The van der Waals surface area contributed by atoms with Gasteiger partial charge in [0.1, 0.15) is 0 Å². The van der Waals surface area contributed by atoms with Crippen LogP contribution in [0.3, 0.4) is 0 Å². The van der Waals surface area contributed by atoms with Crippen LogP contribution in [0.2, 0.25) is 0 Å². The summed E-state index contributed by atoms with van der Waals surface area (Å²) in [5.41, 5.74) is 0. The second kappa shape index (κ2) is 4.08. The van der Waals surface area contributed by atoms with E-state index in [2.05, 4.69) is 25.6 Å². The van der Waals surface area contributed by atoms with E-state index in [1.807, 2.05) is 0 Å². The van der Waals surface area contributed by atoms with Crippen LogP contribution in [0.1, 0.15) is 0 Å². The summed E-state index contributed by atoms with van der Waals surface area (Å²) in [7, 11) is 0. The molecule has 0 aromatic carbocycles. The van der Waals surface area contributed by atoms with Gasteiger partial charge in [-0.1, -0.05) is 25.6 Å². The maximum Gasteiger partial charge on any atom is 0.340 e. The molecule has 2 amide bonds. The van der Waals surface area contributed by atoms with Gasteiger partial charge in [-0.3, -0.25) is 0 Å². The van der Waals surface area contributed by atoms with E-state index < -0.39 is 0 Å². The highest BCUT2D eigenvalue weighted by Gasteiger charge is 2.18. The quantitative estimate of drug-likeness (QED) is 0.548. The van der Waals surface area contributed by atoms with Gasteiger partial charge in [0.25, 0.3) is 0 Å². The van der Waals surface area contributed by atoms with Gasteiger partial charge < -0.3 is 9.64 Å². The van der Waals surface area contributed by atoms with E-state index in [1.54, 1.807) is 4.90 Å². The topological polar surface area (TPSA) is 32.8 Å². The first-order valence-corrected chi connectivity index (χ1v) is 4.06. The summed E-state index contributed by atoms with van der Waals surface area (Å²) in [5, 5.41) is 0. The largest absolute Gasteiger partial charge is 0.378 e. The molecule has 11 heavy (non-hydrogen) atoms. The summed E-state index contributed by atoms with van der Waals surface area (Å²) in [5.74, 6) is 0. The third-order valence-corrected chi connectivity index (χ3v) is 1.79. The molecule has 1 fully saturated rings. The fraction of sp³-hybridized carbons (Fsp3) is 0.800. The molecule has 64 valence electrons. The van der Waals surface area contributed by atoms with Crippen LogP contribution in [0, 0.1) is 0 Å². The van der Waals surface area contributed by atoms with Crippen LogP contribution in [0.15, 0.2) is 0 Å². The maximum atomic E-state index is 11.1. The Morgan fingerprint density at radius 3 is 2.36 bits per heavy atom. The van der Waals surface area contributed by atoms with Crippen molar-refractivity contribution in [2.75, 3.05) is 26.3 Å². The van der Waals surface area contributed by atoms with Crippen molar-refractivity contribution in [1.29, 1.82) is 0 Å². The van der Waals surface area contributed by atoms with Crippen molar-refractivity contribution in [2.24, 2.45) is 0 Å². The van der Waals surface area contributed by atoms with Gasteiger partial charge in [-0.15, -0.1) is 0 Å². The van der Waals surface area contributed by atoms with Crippen LogP contribution in [0.4, 0.5) is 4.79 Å². The predicted octanol–water partition coefficient (Wildman–Crippen LogP) is 0.430. The molecule has 1 aliphatic heterocycles. The molecule has 1 heterocycles. The van der Waals surface area contributed by atoms with Crippen molar-refractivity contribution in [3.63, 3.8) is 0 Å². The number of carbonyl (C=O) groups excluding carboxylic acids is 1. The Morgan fingerprint density at radius 1 is 1.36 bits per heavy atom. The van der Waals surface area contributed by atoms with E-state index in [1.165, 1.54) is 0 Å². The van der Waals surface area contributed by atoms with Crippen molar-refractivity contribution < 1.29 is 9.53 Å². The van der Waals surface area contributed by atoms with Gasteiger partial charge in [0, 0.05) is 13.1 Å². The minimum absolute atomic E-state index is 0.194. The minimum atomic E-state index is -0.194. The monoisotopic (exact) mass is 194 g/mol. The average molecular weight is 194 g/mol. The first-order valence-electron chi connectivity index (χ1n) is 3.26. The molecule has 0 radical (unpaired) electrons. The molecule has 4 nitrogen and oxygen atoms in total. The van der Waals surface area contributed by atoms with Crippen LogP contribution in [0.5, 0.6) is 0 Å². The highest BCUT2D eigenvalue weighted by atomic mass is 32.2. The molecule has 0 bridgehead atoms. The molecule has 1 aliphatic rings. The van der Waals surface area contributed by atoms with Gasteiger partial charge in [0.15, 0.2) is 0 Å². The summed E-state index contributed by atoms with van der Waals surface area (Å²) in [6.45, 7) is 2.44. The Balaban J connectivity index is 2.39. The number of carbonyl (C=O) groups is 1. The van der Waals surface area contributed by atoms with E-state index in [0.717, 1.165) is 3.71 Å². The maximum absolute atomic E-state index is 11.1.